The average molecular weight is 1210 g/mol. The van der Waals surface area contributed by atoms with Gasteiger partial charge in [0.15, 0.2) is 6.04 Å². The zero-order valence-electron chi connectivity index (χ0n) is 50.1. The summed E-state index contributed by atoms with van der Waals surface area (Å²) in [7, 11) is 7.56. The van der Waals surface area contributed by atoms with Gasteiger partial charge >= 0.3 is 52.6 Å². The van der Waals surface area contributed by atoms with E-state index in [0.29, 0.717) is 45.4 Å². The Hall–Kier alpha value is -6.80. The minimum atomic E-state index is -1.46. The summed E-state index contributed by atoms with van der Waals surface area (Å²) in [6.07, 6.45) is 1.24. The monoisotopic (exact) mass is 1200 g/mol. The fourth-order valence-corrected chi connectivity index (χ4v) is 12.9. The first kappa shape index (κ1) is 72.3. The Bertz CT molecular complexity index is 2690. The number of allylic oxidation sites excluding steroid dienone is 6. The number of aliphatic imine (C=N–C) groups is 3. The van der Waals surface area contributed by atoms with Gasteiger partial charge in [-0.05, 0) is 75.0 Å². The maximum Gasteiger partial charge on any atom is 3.00 e. The molecular weight excluding hydrogens is 1120 g/mol. The van der Waals surface area contributed by atoms with Crippen molar-refractivity contribution in [3.05, 3.63) is 52.8 Å². The zero-order chi connectivity index (χ0) is 62.3. The maximum absolute atomic E-state index is 14.2. The zero-order valence-corrected chi connectivity index (χ0v) is 51.1. The third-order valence-electron chi connectivity index (χ3n) is 17.8. The molecular formula is C58H81CoN8O16. The van der Waals surface area contributed by atoms with Crippen LogP contribution in [0.5, 0.6) is 0 Å². The molecule has 25 heteroatoms. The molecule has 5 rings (SSSR count). The number of esters is 6. The van der Waals surface area contributed by atoms with Crippen LogP contribution in [0.15, 0.2) is 49.3 Å². The number of hydrogen-bond donors (Lipinski definition) is 4. The van der Waals surface area contributed by atoms with E-state index in [4.69, 9.17) is 72.4 Å². The number of nitrogens with one attached hydrogen (secondary N) is 2. The summed E-state index contributed by atoms with van der Waals surface area (Å²) in [4.78, 5) is 125. The predicted molar refractivity (Wildman–Crippen MR) is 295 cm³/mol. The standard InChI is InChI=1S/C56H82N6O16.2CN.Co/c1-30-46-33(16-19-41(67)73-9)52(3,4)38(60-46)26-36-32(15-18-39(65)58-37(29-64)51(72)78-14)54(6,27-40(66)57-23-24-63)49(59-36)31(2)47-34(17-20-42(68)74-10)55(7,28-45(71)77-13)56(8,62-47)50-35(25-44(70)76-12)53(5,48(30)61-50)22-21-43(69)75-11;2*1-2;/h26,32-35,37,50,63-64H,15-25,27-29H2,1-14H3,(H3,57,58,59,60,61,62,65,66);;;/q;2*-1;+3/p-1/t32-,33-,34-,35+,37+,50?,53-,54+,55+,56+;;;/m1.../s1. The Morgan fingerprint density at radius 2 is 1.20 bits per heavy atom. The second-order valence-corrected chi connectivity index (χ2v) is 22.4. The predicted octanol–water partition coefficient (Wildman–Crippen LogP) is 4.93. The number of ether oxygens (including phenoxy) is 6. The molecule has 5 aliphatic rings. The molecule has 24 nitrogen and oxygen atoms in total. The summed E-state index contributed by atoms with van der Waals surface area (Å²) in [6, 6.07) is -2.32. The van der Waals surface area contributed by atoms with Crippen molar-refractivity contribution in [2.75, 3.05) is 62.4 Å². The van der Waals surface area contributed by atoms with Gasteiger partial charge < -0.3 is 78.3 Å². The maximum atomic E-state index is 14.2. The van der Waals surface area contributed by atoms with Crippen molar-refractivity contribution >= 4 is 64.8 Å². The van der Waals surface area contributed by atoms with Crippen LogP contribution in [0.4, 0.5) is 0 Å². The number of methoxy groups -OCH3 is 6. The topological polar surface area (TPSA) is 355 Å². The summed E-state index contributed by atoms with van der Waals surface area (Å²) in [6.45, 7) is 23.6. The Labute approximate surface area is 496 Å². The Kier molecular flexibility index (Phi) is 26.7. The number of aliphatic hydroxyl groups excluding tert-OH is 2. The molecule has 10 atom stereocenters. The third kappa shape index (κ3) is 14.9. The van der Waals surface area contributed by atoms with E-state index in [1.165, 1.54) is 35.5 Å². The molecule has 5 heterocycles. The van der Waals surface area contributed by atoms with E-state index in [1.54, 1.807) is 0 Å². The number of rotatable bonds is 23. The van der Waals surface area contributed by atoms with Gasteiger partial charge in [-0.25, -0.2) is 4.79 Å². The van der Waals surface area contributed by atoms with E-state index >= 15 is 0 Å². The summed E-state index contributed by atoms with van der Waals surface area (Å²) in [5.74, 6) is -7.36. The van der Waals surface area contributed by atoms with Gasteiger partial charge in [0.05, 0.1) is 73.5 Å². The summed E-state index contributed by atoms with van der Waals surface area (Å²) >= 11 is 0. The van der Waals surface area contributed by atoms with Crippen LogP contribution in [-0.2, 0) is 83.6 Å². The number of nitrogens with zero attached hydrogens (tertiary/aromatic N) is 6. The van der Waals surface area contributed by atoms with Crippen molar-refractivity contribution in [2.24, 2.45) is 60.3 Å². The molecule has 0 aromatic rings. The van der Waals surface area contributed by atoms with E-state index in [2.05, 4.69) is 10.6 Å². The smallest absolute Gasteiger partial charge is 0.682 e. The molecule has 2 amide bonds. The first-order chi connectivity index (χ1) is 38.7. The number of aliphatic hydroxyl groups is 2. The normalized spacial score (nSPS) is 29.7. The first-order valence-electron chi connectivity index (χ1n) is 26.9. The molecule has 4 N–H and O–H groups in total. The van der Waals surface area contributed by atoms with Crippen molar-refractivity contribution in [3.63, 3.8) is 0 Å². The molecule has 458 valence electrons. The fourth-order valence-electron chi connectivity index (χ4n) is 12.9. The van der Waals surface area contributed by atoms with Crippen LogP contribution in [0.3, 0.4) is 0 Å². The molecule has 1 unspecified atom stereocenters. The quantitative estimate of drug-likeness (QED) is 0.0599. The average Bonchev–Trinajstić information content (AvgIpc) is 1.93. The molecule has 1 saturated heterocycles. The largest absolute Gasteiger partial charge is 3.00 e. The molecule has 0 radical (unpaired) electrons. The van der Waals surface area contributed by atoms with Gasteiger partial charge in [0, 0.05) is 102 Å². The first-order valence-corrected chi connectivity index (χ1v) is 26.9. The van der Waals surface area contributed by atoms with E-state index in [-0.39, 0.29) is 101 Å². The van der Waals surface area contributed by atoms with Crippen molar-refractivity contribution in [3.8, 4) is 0 Å². The number of carbonyl (C=O) groups is 8. The fraction of sp³-hybridized carbons (Fsp3) is 0.672. The van der Waals surface area contributed by atoms with E-state index < -0.39 is 117 Å². The van der Waals surface area contributed by atoms with Crippen LogP contribution < -0.4 is 10.6 Å². The molecule has 5 aliphatic heterocycles. The van der Waals surface area contributed by atoms with Crippen LogP contribution in [0.25, 0.3) is 5.32 Å². The van der Waals surface area contributed by atoms with Crippen LogP contribution in [0, 0.1) is 69.0 Å². The van der Waals surface area contributed by atoms with E-state index in [9.17, 15) is 48.6 Å². The summed E-state index contributed by atoms with van der Waals surface area (Å²) < 4.78 is 31.1. The van der Waals surface area contributed by atoms with Crippen LogP contribution >= 0.6 is 0 Å². The number of amides is 2. The van der Waals surface area contributed by atoms with Gasteiger partial charge in [0.1, 0.15) is 0 Å². The molecule has 0 spiro atoms. The molecule has 0 saturated carbocycles. The Balaban J connectivity index is 0.00000460. The molecule has 8 bridgehead atoms. The Morgan fingerprint density at radius 3 is 1.73 bits per heavy atom. The van der Waals surface area contributed by atoms with Crippen LogP contribution in [0.1, 0.15) is 126 Å². The molecule has 83 heavy (non-hydrogen) atoms. The van der Waals surface area contributed by atoms with Gasteiger partial charge in [0.2, 0.25) is 11.8 Å². The minimum Gasteiger partial charge on any atom is -0.682 e. The molecule has 0 aromatic carbocycles. The molecule has 0 aromatic heterocycles. The molecule has 0 aliphatic carbocycles. The minimum absolute atomic E-state index is 0. The molecule has 1 fully saturated rings. The third-order valence-corrected chi connectivity index (χ3v) is 17.8. The van der Waals surface area contributed by atoms with Crippen molar-refractivity contribution in [2.45, 2.75) is 144 Å². The van der Waals surface area contributed by atoms with E-state index in [1.807, 2.05) is 61.5 Å². The van der Waals surface area contributed by atoms with Gasteiger partial charge in [-0.3, -0.25) is 48.5 Å². The summed E-state index contributed by atoms with van der Waals surface area (Å²) in [5.41, 5.74) is -2.08. The summed E-state index contributed by atoms with van der Waals surface area (Å²) in [5, 5.41) is 43.4. The Morgan fingerprint density at radius 1 is 0.663 bits per heavy atom. The van der Waals surface area contributed by atoms with Crippen molar-refractivity contribution < 1.29 is 93.8 Å². The van der Waals surface area contributed by atoms with Crippen LogP contribution in [0.2, 0.25) is 0 Å². The SMILES string of the molecule is COC(=O)CC[C@@H]1C2=NC(=C\C3=NC(=C(/C)C4=N[C@@](C)(C5[N-]/C(=C\2C)[C@](C)(CCC(=O)OC)[C@H]5CC(=O)OC)[C@@](C)(CC(=O)OC)[C@@H]4CCC(=O)OC)/[C@@](C)(CC(=O)NCCO)[C@@H]3CCC(=O)N[C@@H](CO)C(=O)OC)/C1(C)C.[C-]#N.[C-]#N.[Co+3]. The van der Waals surface area contributed by atoms with Gasteiger partial charge in [-0.15, -0.1) is 0 Å². The number of fused-ring (bicyclic) bond motifs is 6. The number of hydrogen-bond acceptors (Lipinski definition) is 21. The van der Waals surface area contributed by atoms with Crippen molar-refractivity contribution in [1.82, 2.24) is 10.6 Å². The van der Waals surface area contributed by atoms with Crippen LogP contribution in [-0.4, -0.2) is 155 Å². The second-order valence-electron chi connectivity index (χ2n) is 22.4. The van der Waals surface area contributed by atoms with E-state index in [0.717, 1.165) is 7.11 Å². The van der Waals surface area contributed by atoms with Crippen molar-refractivity contribution in [1.29, 1.82) is 10.5 Å². The van der Waals surface area contributed by atoms with Gasteiger partial charge in [0.25, 0.3) is 0 Å². The second kappa shape index (κ2) is 30.7. The number of carbonyl (C=O) groups excluding carboxylic acids is 8. The van der Waals surface area contributed by atoms with Gasteiger partial charge in [-0.1, -0.05) is 40.7 Å². The van der Waals surface area contributed by atoms with Gasteiger partial charge in [-0.2, -0.15) is 5.70 Å².